The third-order valence-electron chi connectivity index (χ3n) is 3.85. The van der Waals surface area contributed by atoms with E-state index >= 15 is 0 Å². The van der Waals surface area contributed by atoms with Crippen molar-refractivity contribution in [2.45, 2.75) is 18.1 Å². The molecular formula is C20H20N2O4S. The maximum atomic E-state index is 12.2. The Kier molecular flexibility index (Phi) is 6.05. The number of benzene rings is 2. The molecule has 0 fully saturated rings. The monoisotopic (exact) mass is 384 g/mol. The number of hydrogen-bond acceptors (Lipinski definition) is 5. The van der Waals surface area contributed by atoms with E-state index in [0.29, 0.717) is 13.0 Å². The van der Waals surface area contributed by atoms with Crippen molar-refractivity contribution in [3.05, 3.63) is 84.1 Å². The van der Waals surface area contributed by atoms with Gasteiger partial charge in [0, 0.05) is 6.54 Å². The second-order valence-corrected chi connectivity index (χ2v) is 7.64. The molecule has 0 bridgehead atoms. The predicted octanol–water partition coefficient (Wildman–Crippen LogP) is 2.89. The van der Waals surface area contributed by atoms with Gasteiger partial charge in [0.15, 0.2) is 5.03 Å². The number of ether oxygens (including phenoxy) is 1. The number of hydrogen-bond donors (Lipinski definition) is 2. The summed E-state index contributed by atoms with van der Waals surface area (Å²) in [5, 5.41) is 9.08. The first-order valence-corrected chi connectivity index (χ1v) is 9.92. The lowest BCUT2D eigenvalue weighted by molar-refractivity contribution is 0.306. The van der Waals surface area contributed by atoms with Crippen LogP contribution in [-0.2, 0) is 23.1 Å². The topological polar surface area (TPSA) is 88.5 Å². The molecule has 0 saturated heterocycles. The summed E-state index contributed by atoms with van der Waals surface area (Å²) in [7, 11) is -3.71. The highest BCUT2D eigenvalue weighted by atomic mass is 32.2. The summed E-state index contributed by atoms with van der Waals surface area (Å²) in [6, 6.07) is 20.0. The normalized spacial score (nSPS) is 11.3. The van der Waals surface area contributed by atoms with E-state index in [2.05, 4.69) is 9.71 Å². The van der Waals surface area contributed by atoms with Crippen molar-refractivity contribution >= 4 is 10.0 Å². The van der Waals surface area contributed by atoms with Gasteiger partial charge in [0.1, 0.15) is 18.1 Å². The van der Waals surface area contributed by atoms with Gasteiger partial charge in [-0.1, -0.05) is 42.5 Å². The summed E-state index contributed by atoms with van der Waals surface area (Å²) in [5.41, 5.74) is 2.04. The Morgan fingerprint density at radius 2 is 1.74 bits per heavy atom. The average molecular weight is 384 g/mol. The first-order chi connectivity index (χ1) is 13.0. The van der Waals surface area contributed by atoms with Crippen molar-refractivity contribution in [2.75, 3.05) is 6.54 Å². The van der Waals surface area contributed by atoms with Gasteiger partial charge < -0.3 is 9.84 Å². The summed E-state index contributed by atoms with van der Waals surface area (Å²) < 4.78 is 32.7. The molecular weight excluding hydrogens is 364 g/mol. The maximum Gasteiger partial charge on any atom is 0.258 e. The zero-order valence-electron chi connectivity index (χ0n) is 14.6. The minimum absolute atomic E-state index is 0.0822. The molecule has 3 rings (SSSR count). The summed E-state index contributed by atoms with van der Waals surface area (Å²) in [4.78, 5) is 3.72. The van der Waals surface area contributed by atoms with Crippen molar-refractivity contribution in [3.8, 4) is 11.5 Å². The molecule has 0 radical (unpaired) electrons. The van der Waals surface area contributed by atoms with Crippen molar-refractivity contribution in [1.82, 2.24) is 9.71 Å². The van der Waals surface area contributed by atoms with E-state index in [-0.39, 0.29) is 17.3 Å². The fourth-order valence-electron chi connectivity index (χ4n) is 2.47. The molecule has 1 aromatic heterocycles. The quantitative estimate of drug-likeness (QED) is 0.623. The number of aromatic nitrogens is 1. The molecule has 3 aromatic rings. The second kappa shape index (κ2) is 8.66. The molecule has 0 atom stereocenters. The molecule has 27 heavy (non-hydrogen) atoms. The van der Waals surface area contributed by atoms with E-state index in [1.165, 1.54) is 12.1 Å². The molecule has 140 valence electrons. The molecule has 2 aromatic carbocycles. The van der Waals surface area contributed by atoms with Gasteiger partial charge in [-0.2, -0.15) is 0 Å². The lowest BCUT2D eigenvalue weighted by Crippen LogP contribution is -2.26. The van der Waals surface area contributed by atoms with E-state index < -0.39 is 10.0 Å². The maximum absolute atomic E-state index is 12.2. The lowest BCUT2D eigenvalue weighted by atomic mass is 10.1. The van der Waals surface area contributed by atoms with Gasteiger partial charge in [-0.05, 0) is 41.8 Å². The van der Waals surface area contributed by atoms with Crippen LogP contribution in [0, 0.1) is 0 Å². The number of rotatable bonds is 8. The van der Waals surface area contributed by atoms with Crippen molar-refractivity contribution in [2.24, 2.45) is 0 Å². The van der Waals surface area contributed by atoms with Crippen molar-refractivity contribution in [3.63, 3.8) is 0 Å². The van der Waals surface area contributed by atoms with Gasteiger partial charge in [-0.15, -0.1) is 0 Å². The van der Waals surface area contributed by atoms with Crippen LogP contribution in [0.25, 0.3) is 0 Å². The number of aromatic hydroxyl groups is 1. The van der Waals surface area contributed by atoms with E-state index in [0.717, 1.165) is 23.1 Å². The van der Waals surface area contributed by atoms with Crippen LogP contribution in [0.1, 0.15) is 11.1 Å². The van der Waals surface area contributed by atoms with Crippen LogP contribution in [-0.4, -0.2) is 25.1 Å². The van der Waals surface area contributed by atoms with Gasteiger partial charge in [-0.25, -0.2) is 18.1 Å². The van der Waals surface area contributed by atoms with E-state index in [9.17, 15) is 13.5 Å². The van der Waals surface area contributed by atoms with Crippen molar-refractivity contribution < 1.29 is 18.3 Å². The van der Waals surface area contributed by atoms with Gasteiger partial charge in [-0.3, -0.25) is 0 Å². The van der Waals surface area contributed by atoms with E-state index in [1.54, 1.807) is 0 Å². The van der Waals surface area contributed by atoms with Crippen LogP contribution < -0.4 is 9.46 Å². The molecule has 2 N–H and O–H groups in total. The standard InChI is InChI=1S/C20H20N2O4S/c23-18-9-10-20(21-14-18)27(24,25)22-12-11-16-7-4-8-19(13-16)26-15-17-5-2-1-3-6-17/h1-10,13-14,22-23H,11-12,15H2. The van der Waals surface area contributed by atoms with E-state index in [4.69, 9.17) is 4.74 Å². The SMILES string of the molecule is O=S(=O)(NCCc1cccc(OCc2ccccc2)c1)c1ccc(O)cn1. The molecule has 0 aliphatic heterocycles. The first-order valence-electron chi connectivity index (χ1n) is 8.43. The van der Waals surface area contributed by atoms with Gasteiger partial charge >= 0.3 is 0 Å². The average Bonchev–Trinajstić information content (AvgIpc) is 2.68. The molecule has 0 spiro atoms. The molecule has 0 saturated carbocycles. The van der Waals surface area contributed by atoms with Crippen LogP contribution in [0.3, 0.4) is 0 Å². The summed E-state index contributed by atoms with van der Waals surface area (Å²) >= 11 is 0. The zero-order valence-corrected chi connectivity index (χ0v) is 15.4. The highest BCUT2D eigenvalue weighted by Crippen LogP contribution is 2.16. The Balaban J connectivity index is 1.54. The Morgan fingerprint density at radius 3 is 2.48 bits per heavy atom. The highest BCUT2D eigenvalue weighted by molar-refractivity contribution is 7.89. The number of pyridine rings is 1. The lowest BCUT2D eigenvalue weighted by Gasteiger charge is -2.09. The minimum atomic E-state index is -3.71. The molecule has 7 heteroatoms. The third kappa shape index (κ3) is 5.54. The van der Waals surface area contributed by atoms with Crippen LogP contribution >= 0.6 is 0 Å². The summed E-state index contributed by atoms with van der Waals surface area (Å²) in [6.07, 6.45) is 1.61. The van der Waals surface area contributed by atoms with E-state index in [1.807, 2.05) is 54.6 Å². The number of nitrogens with one attached hydrogen (secondary N) is 1. The Morgan fingerprint density at radius 1 is 0.963 bits per heavy atom. The highest BCUT2D eigenvalue weighted by Gasteiger charge is 2.14. The van der Waals surface area contributed by atoms with Crippen LogP contribution in [0.4, 0.5) is 0 Å². The Hall–Kier alpha value is -2.90. The zero-order chi connectivity index (χ0) is 19.1. The summed E-state index contributed by atoms with van der Waals surface area (Å²) in [5.74, 6) is 0.653. The molecule has 1 heterocycles. The van der Waals surface area contributed by atoms with Gasteiger partial charge in [0.2, 0.25) is 0 Å². The Labute approximate surface area is 158 Å². The van der Waals surface area contributed by atoms with Crippen LogP contribution in [0.5, 0.6) is 11.5 Å². The minimum Gasteiger partial charge on any atom is -0.506 e. The smallest absolute Gasteiger partial charge is 0.258 e. The molecule has 6 nitrogen and oxygen atoms in total. The fraction of sp³-hybridized carbons (Fsp3) is 0.150. The summed E-state index contributed by atoms with van der Waals surface area (Å²) in [6.45, 7) is 0.705. The fourth-order valence-corrected chi connectivity index (χ4v) is 3.42. The number of sulfonamides is 1. The molecule has 0 aliphatic carbocycles. The van der Waals surface area contributed by atoms with Gasteiger partial charge in [0.25, 0.3) is 10.0 Å². The Bertz CT molecular complexity index is 974. The largest absolute Gasteiger partial charge is 0.506 e. The molecule has 0 unspecified atom stereocenters. The van der Waals surface area contributed by atoms with Crippen LogP contribution in [0.2, 0.25) is 0 Å². The van der Waals surface area contributed by atoms with Crippen molar-refractivity contribution in [1.29, 1.82) is 0 Å². The van der Waals surface area contributed by atoms with Gasteiger partial charge in [0.05, 0.1) is 6.20 Å². The predicted molar refractivity (Wildman–Crippen MR) is 102 cm³/mol. The van der Waals surface area contributed by atoms with Crippen LogP contribution in [0.15, 0.2) is 78.0 Å². The first kappa shape index (κ1) is 18.9. The molecule has 0 aliphatic rings. The second-order valence-electron chi connectivity index (χ2n) is 5.92. The number of nitrogens with zero attached hydrogens (tertiary/aromatic N) is 1. The molecule has 0 amide bonds. The third-order valence-corrected chi connectivity index (χ3v) is 5.22.